The molecule has 3 heteroatoms. The first-order valence-corrected chi connectivity index (χ1v) is 8.45. The number of hydrogen-bond donors (Lipinski definition) is 1. The van der Waals surface area contributed by atoms with E-state index in [2.05, 4.69) is 31.3 Å². The zero-order valence-corrected chi connectivity index (χ0v) is 15.3. The quantitative estimate of drug-likeness (QED) is 0.811. The molecule has 0 unspecified atom stereocenters. The number of rotatable bonds is 6. The highest BCUT2D eigenvalue weighted by atomic mass is 16.5. The second-order valence-corrected chi connectivity index (χ2v) is 6.55. The number of nitrogens with one attached hydrogen (secondary N) is 1. The summed E-state index contributed by atoms with van der Waals surface area (Å²) in [6.07, 6.45) is 1.19. The highest BCUT2D eigenvalue weighted by molar-refractivity contribution is 5.92. The Balaban J connectivity index is 2.03. The number of ether oxygens (including phenoxy) is 1. The Morgan fingerprint density at radius 3 is 2.50 bits per heavy atom. The summed E-state index contributed by atoms with van der Waals surface area (Å²) in [7, 11) is 1.67. The molecule has 2 aromatic rings. The SMILES string of the molecule is COc1ccc(CCC(=O)Nc2c(C)cccc2C(C)C)cc1C. The van der Waals surface area contributed by atoms with Gasteiger partial charge >= 0.3 is 0 Å². The third-order valence-electron chi connectivity index (χ3n) is 4.29. The van der Waals surface area contributed by atoms with E-state index < -0.39 is 0 Å². The van der Waals surface area contributed by atoms with Crippen molar-refractivity contribution < 1.29 is 9.53 Å². The van der Waals surface area contributed by atoms with Gasteiger partial charge < -0.3 is 10.1 Å². The van der Waals surface area contributed by atoms with Gasteiger partial charge in [0, 0.05) is 12.1 Å². The monoisotopic (exact) mass is 325 g/mol. The third kappa shape index (κ3) is 4.38. The van der Waals surface area contributed by atoms with Gasteiger partial charge in [0.2, 0.25) is 5.91 Å². The molecule has 0 spiro atoms. The average Bonchev–Trinajstić information content (AvgIpc) is 2.54. The van der Waals surface area contributed by atoms with Crippen molar-refractivity contribution >= 4 is 11.6 Å². The summed E-state index contributed by atoms with van der Waals surface area (Å²) < 4.78 is 5.27. The lowest BCUT2D eigenvalue weighted by Gasteiger charge is -2.16. The van der Waals surface area contributed by atoms with Crippen LogP contribution in [0, 0.1) is 13.8 Å². The number of carbonyl (C=O) groups is 1. The Bertz CT molecular complexity index is 720. The van der Waals surface area contributed by atoms with Crippen LogP contribution in [-0.2, 0) is 11.2 Å². The Morgan fingerprint density at radius 1 is 1.12 bits per heavy atom. The van der Waals surface area contributed by atoms with Gasteiger partial charge in [0.05, 0.1) is 7.11 Å². The fourth-order valence-corrected chi connectivity index (χ4v) is 2.90. The first-order chi connectivity index (χ1) is 11.4. The van der Waals surface area contributed by atoms with Crippen molar-refractivity contribution in [1.82, 2.24) is 0 Å². The minimum atomic E-state index is 0.0553. The van der Waals surface area contributed by atoms with Crippen LogP contribution in [0.25, 0.3) is 0 Å². The number of para-hydroxylation sites is 1. The molecule has 0 radical (unpaired) electrons. The molecule has 0 aromatic heterocycles. The molecule has 0 saturated carbocycles. The van der Waals surface area contributed by atoms with Gasteiger partial charge in [-0.2, -0.15) is 0 Å². The van der Waals surface area contributed by atoms with Gasteiger partial charge in [0.15, 0.2) is 0 Å². The third-order valence-corrected chi connectivity index (χ3v) is 4.29. The summed E-state index contributed by atoms with van der Waals surface area (Å²) >= 11 is 0. The lowest BCUT2D eigenvalue weighted by molar-refractivity contribution is -0.116. The van der Waals surface area contributed by atoms with Crippen molar-refractivity contribution in [3.8, 4) is 5.75 Å². The van der Waals surface area contributed by atoms with E-state index in [0.717, 1.165) is 34.5 Å². The van der Waals surface area contributed by atoms with E-state index in [1.807, 2.05) is 38.1 Å². The largest absolute Gasteiger partial charge is 0.496 e. The van der Waals surface area contributed by atoms with Crippen molar-refractivity contribution in [3.63, 3.8) is 0 Å². The standard InChI is InChI=1S/C21H27NO2/c1-14(2)18-8-6-7-15(3)21(18)22-20(23)12-10-17-9-11-19(24-5)16(4)13-17/h6-9,11,13-14H,10,12H2,1-5H3,(H,22,23). The van der Waals surface area contributed by atoms with Crippen LogP contribution in [0.5, 0.6) is 5.75 Å². The van der Waals surface area contributed by atoms with Crippen LogP contribution in [0.15, 0.2) is 36.4 Å². The lowest BCUT2D eigenvalue weighted by Crippen LogP contribution is -2.15. The minimum absolute atomic E-state index is 0.0553. The molecule has 2 rings (SSSR count). The van der Waals surface area contributed by atoms with Crippen molar-refractivity contribution in [3.05, 3.63) is 58.7 Å². The first-order valence-electron chi connectivity index (χ1n) is 8.45. The molecular formula is C21H27NO2. The van der Waals surface area contributed by atoms with Gasteiger partial charge in [-0.1, -0.05) is 44.2 Å². The van der Waals surface area contributed by atoms with Crippen molar-refractivity contribution in [2.24, 2.45) is 0 Å². The first kappa shape index (κ1) is 18.1. The van der Waals surface area contributed by atoms with Crippen LogP contribution in [0.2, 0.25) is 0 Å². The van der Waals surface area contributed by atoms with E-state index in [0.29, 0.717) is 12.3 Å². The summed E-state index contributed by atoms with van der Waals surface area (Å²) in [6.45, 7) is 8.34. The van der Waals surface area contributed by atoms with Gasteiger partial charge in [-0.05, 0) is 54.5 Å². The number of aryl methyl sites for hydroxylation is 3. The predicted octanol–water partition coefficient (Wildman–Crippen LogP) is 5.01. The maximum absolute atomic E-state index is 12.4. The van der Waals surface area contributed by atoms with Crippen molar-refractivity contribution in [2.75, 3.05) is 12.4 Å². The van der Waals surface area contributed by atoms with Crippen LogP contribution < -0.4 is 10.1 Å². The molecule has 1 N–H and O–H groups in total. The average molecular weight is 325 g/mol. The second-order valence-electron chi connectivity index (χ2n) is 6.55. The fraction of sp³-hybridized carbons (Fsp3) is 0.381. The molecule has 0 aliphatic carbocycles. The van der Waals surface area contributed by atoms with E-state index in [-0.39, 0.29) is 5.91 Å². The number of amides is 1. The van der Waals surface area contributed by atoms with Gasteiger partial charge in [-0.15, -0.1) is 0 Å². The summed E-state index contributed by atoms with van der Waals surface area (Å²) in [4.78, 5) is 12.4. The zero-order valence-electron chi connectivity index (χ0n) is 15.3. The minimum Gasteiger partial charge on any atom is -0.496 e. The highest BCUT2D eigenvalue weighted by Crippen LogP contribution is 2.27. The highest BCUT2D eigenvalue weighted by Gasteiger charge is 2.12. The number of benzene rings is 2. The molecular weight excluding hydrogens is 298 g/mol. The smallest absolute Gasteiger partial charge is 0.224 e. The van der Waals surface area contributed by atoms with Crippen molar-refractivity contribution in [1.29, 1.82) is 0 Å². The molecule has 0 aliphatic rings. The van der Waals surface area contributed by atoms with Crippen LogP contribution in [0.1, 0.15) is 48.4 Å². The molecule has 3 nitrogen and oxygen atoms in total. The van der Waals surface area contributed by atoms with Gasteiger partial charge in [-0.3, -0.25) is 4.79 Å². The summed E-state index contributed by atoms with van der Waals surface area (Å²) in [6, 6.07) is 12.2. The Labute approximate surface area is 145 Å². The number of carbonyl (C=O) groups excluding carboxylic acids is 1. The van der Waals surface area contributed by atoms with Crippen LogP contribution in [0.4, 0.5) is 5.69 Å². The van der Waals surface area contributed by atoms with E-state index in [1.165, 1.54) is 5.56 Å². The Kier molecular flexibility index (Phi) is 6.02. The van der Waals surface area contributed by atoms with Gasteiger partial charge in [-0.25, -0.2) is 0 Å². The lowest BCUT2D eigenvalue weighted by atomic mass is 9.98. The molecule has 1 amide bonds. The second kappa shape index (κ2) is 8.00. The molecule has 128 valence electrons. The molecule has 2 aromatic carbocycles. The Morgan fingerprint density at radius 2 is 1.88 bits per heavy atom. The maximum atomic E-state index is 12.4. The van der Waals surface area contributed by atoms with E-state index >= 15 is 0 Å². The summed E-state index contributed by atoms with van der Waals surface area (Å²) in [5, 5.41) is 3.10. The van der Waals surface area contributed by atoms with Crippen LogP contribution in [-0.4, -0.2) is 13.0 Å². The molecule has 0 heterocycles. The van der Waals surface area contributed by atoms with Crippen LogP contribution in [0.3, 0.4) is 0 Å². The van der Waals surface area contributed by atoms with E-state index in [1.54, 1.807) is 7.11 Å². The number of anilines is 1. The molecule has 0 fully saturated rings. The normalized spacial score (nSPS) is 10.8. The summed E-state index contributed by atoms with van der Waals surface area (Å²) in [5.74, 6) is 1.31. The van der Waals surface area contributed by atoms with Gasteiger partial charge in [0.1, 0.15) is 5.75 Å². The molecule has 0 aliphatic heterocycles. The zero-order chi connectivity index (χ0) is 17.7. The fourth-order valence-electron chi connectivity index (χ4n) is 2.90. The molecule has 0 saturated heterocycles. The molecule has 0 bridgehead atoms. The predicted molar refractivity (Wildman–Crippen MR) is 99.9 cm³/mol. The maximum Gasteiger partial charge on any atom is 0.224 e. The van der Waals surface area contributed by atoms with E-state index in [4.69, 9.17) is 4.74 Å². The number of hydrogen-bond acceptors (Lipinski definition) is 2. The Hall–Kier alpha value is -2.29. The number of methoxy groups -OCH3 is 1. The molecule has 24 heavy (non-hydrogen) atoms. The topological polar surface area (TPSA) is 38.3 Å². The summed E-state index contributed by atoms with van der Waals surface area (Å²) in [5.41, 5.74) is 5.50. The van der Waals surface area contributed by atoms with E-state index in [9.17, 15) is 4.79 Å². The van der Waals surface area contributed by atoms with Gasteiger partial charge in [0.25, 0.3) is 0 Å². The van der Waals surface area contributed by atoms with Crippen LogP contribution >= 0.6 is 0 Å². The van der Waals surface area contributed by atoms with Crippen molar-refractivity contribution in [2.45, 2.75) is 46.5 Å². The molecule has 0 atom stereocenters.